The lowest BCUT2D eigenvalue weighted by atomic mass is 10.3. The zero-order valence-electron chi connectivity index (χ0n) is 7.56. The maximum absolute atomic E-state index is 11.4. The van der Waals surface area contributed by atoms with E-state index >= 15 is 0 Å². The highest BCUT2D eigenvalue weighted by Crippen LogP contribution is 2.39. The highest BCUT2D eigenvalue weighted by molar-refractivity contribution is 7.46. The Bertz CT molecular complexity index is 132. The average Bonchev–Trinajstić information content (AvgIpc) is 1.86. The predicted molar refractivity (Wildman–Crippen MR) is 47.3 cm³/mol. The van der Waals surface area contributed by atoms with E-state index in [0.29, 0.717) is 0 Å². The number of hydrogen-bond acceptors (Lipinski definition) is 2. The molecule has 10 heavy (non-hydrogen) atoms. The highest BCUT2D eigenvalue weighted by atomic mass is 31.1. The van der Waals surface area contributed by atoms with Crippen molar-refractivity contribution >= 4 is 7.80 Å². The highest BCUT2D eigenvalue weighted by Gasteiger charge is 2.25. The Balaban J connectivity index is 4.24. The van der Waals surface area contributed by atoms with Crippen molar-refractivity contribution in [3.05, 3.63) is 0 Å². The molecule has 0 radical (unpaired) electrons. The molecule has 0 spiro atoms. The fraction of sp³-hybridized carbons (Fsp3) is 1.00. The van der Waals surface area contributed by atoms with E-state index in [4.69, 9.17) is 0 Å². The lowest BCUT2D eigenvalue weighted by Gasteiger charge is -2.31. The third-order valence-electron chi connectivity index (χ3n) is 2.12. The normalized spacial score (nSPS) is 15.8. The Morgan fingerprint density at radius 3 is 1.90 bits per heavy atom. The third-order valence-corrected chi connectivity index (χ3v) is 4.58. The summed E-state index contributed by atoms with van der Waals surface area (Å²) >= 11 is 0. The predicted octanol–water partition coefficient (Wildman–Crippen LogP) is 1.86. The quantitative estimate of drug-likeness (QED) is 0.592. The minimum atomic E-state index is -1.43. The first kappa shape index (κ1) is 10.2. The topological polar surface area (TPSA) is 20.3 Å². The molecule has 0 saturated carbocycles. The van der Waals surface area contributed by atoms with Crippen molar-refractivity contribution in [2.75, 3.05) is 20.3 Å². The van der Waals surface area contributed by atoms with Gasteiger partial charge in [0.2, 0.25) is 0 Å². The van der Waals surface area contributed by atoms with E-state index in [1.165, 1.54) is 0 Å². The summed E-state index contributed by atoms with van der Waals surface area (Å²) in [6, 6.07) is 0. The van der Waals surface area contributed by atoms with Crippen molar-refractivity contribution in [1.29, 1.82) is 0 Å². The van der Waals surface area contributed by atoms with Crippen molar-refractivity contribution in [2.45, 2.75) is 26.1 Å². The van der Waals surface area contributed by atoms with Crippen LogP contribution in [0.4, 0.5) is 0 Å². The molecule has 0 rings (SSSR count). The molecule has 0 aromatic carbocycles. The van der Waals surface area contributed by atoms with Gasteiger partial charge in [0.05, 0.1) is 13.1 Å². The number of nitrogens with zero attached hydrogens (tertiary/aromatic N) is 1. The molecule has 1 unspecified atom stereocenters. The van der Waals surface area contributed by atoms with Gasteiger partial charge in [-0.25, -0.2) is 0 Å². The fourth-order valence-corrected chi connectivity index (χ4v) is 2.05. The molecule has 0 fully saturated rings. The second kappa shape index (κ2) is 3.54. The monoisotopic (exact) mass is 163 g/mol. The van der Waals surface area contributed by atoms with Crippen molar-refractivity contribution in [2.24, 2.45) is 0 Å². The Labute approximate surface area is 64.4 Å². The molecular formula is C7H18NOP. The summed E-state index contributed by atoms with van der Waals surface area (Å²) in [6.07, 6.45) is 0.801. The van der Waals surface area contributed by atoms with Gasteiger partial charge in [0.25, 0.3) is 0 Å². The van der Waals surface area contributed by atoms with E-state index in [0.717, 1.165) is 6.16 Å². The van der Waals surface area contributed by atoms with E-state index in [-0.39, 0.29) is 5.28 Å². The summed E-state index contributed by atoms with van der Waals surface area (Å²) in [7, 11) is 2.51. The van der Waals surface area contributed by atoms with Gasteiger partial charge >= 0.3 is 0 Å². The molecule has 0 N–H and O–H groups in total. The van der Waals surface area contributed by atoms with Crippen LogP contribution in [0.3, 0.4) is 0 Å². The Hall–Kier alpha value is 0.190. The molecule has 2 nitrogen and oxygen atoms in total. The number of rotatable bonds is 3. The van der Waals surface area contributed by atoms with Crippen LogP contribution in [0.25, 0.3) is 0 Å². The van der Waals surface area contributed by atoms with Gasteiger partial charge in [-0.05, 0) is 34.1 Å². The molecule has 0 saturated heterocycles. The zero-order chi connectivity index (χ0) is 8.36. The van der Waals surface area contributed by atoms with Crippen LogP contribution in [-0.4, -0.2) is 30.4 Å². The van der Waals surface area contributed by atoms with Crippen molar-refractivity contribution < 1.29 is 4.57 Å². The van der Waals surface area contributed by atoms with Crippen LogP contribution in [0.2, 0.25) is 0 Å². The third kappa shape index (κ3) is 2.10. The minimum Gasteiger partial charge on any atom is -0.325 e. The fourth-order valence-electron chi connectivity index (χ4n) is 0.682. The Kier molecular flexibility index (Phi) is 3.61. The SMILES string of the molecule is CC[PH](=O)C(C)(C)N(C)C. The molecule has 1 atom stereocenters. The Morgan fingerprint density at radius 2 is 1.80 bits per heavy atom. The first-order valence-electron chi connectivity index (χ1n) is 3.63. The molecule has 0 aliphatic heterocycles. The van der Waals surface area contributed by atoms with E-state index in [1.54, 1.807) is 0 Å². The second-order valence-corrected chi connectivity index (χ2v) is 6.01. The van der Waals surface area contributed by atoms with Crippen LogP contribution >= 0.6 is 7.80 Å². The van der Waals surface area contributed by atoms with Crippen LogP contribution in [0.15, 0.2) is 0 Å². The molecule has 0 aliphatic carbocycles. The van der Waals surface area contributed by atoms with Gasteiger partial charge in [0.1, 0.15) is 0 Å². The molecule has 0 amide bonds. The summed E-state index contributed by atoms with van der Waals surface area (Å²) in [5.41, 5.74) is 0. The molecular weight excluding hydrogens is 145 g/mol. The van der Waals surface area contributed by atoms with E-state index in [2.05, 4.69) is 0 Å². The van der Waals surface area contributed by atoms with Gasteiger partial charge in [-0.1, -0.05) is 6.92 Å². The smallest absolute Gasteiger partial charge is 0.0946 e. The first-order chi connectivity index (χ1) is 4.42. The summed E-state index contributed by atoms with van der Waals surface area (Å²) in [4.78, 5) is 2.03. The lowest BCUT2D eigenvalue weighted by molar-refractivity contribution is 0.285. The maximum atomic E-state index is 11.4. The number of hydrogen-bond donors (Lipinski definition) is 0. The average molecular weight is 163 g/mol. The largest absolute Gasteiger partial charge is 0.325 e. The van der Waals surface area contributed by atoms with Gasteiger partial charge in [-0.2, -0.15) is 0 Å². The van der Waals surface area contributed by atoms with Crippen LogP contribution in [0.1, 0.15) is 20.8 Å². The van der Waals surface area contributed by atoms with E-state index < -0.39 is 7.80 Å². The van der Waals surface area contributed by atoms with E-state index in [9.17, 15) is 4.57 Å². The second-order valence-electron chi connectivity index (χ2n) is 3.23. The molecule has 0 aromatic rings. The van der Waals surface area contributed by atoms with Crippen molar-refractivity contribution in [3.63, 3.8) is 0 Å². The lowest BCUT2D eigenvalue weighted by Crippen LogP contribution is -2.34. The molecule has 0 aliphatic rings. The van der Waals surface area contributed by atoms with Gasteiger partial charge in [0.15, 0.2) is 0 Å². The van der Waals surface area contributed by atoms with Crippen molar-refractivity contribution in [3.8, 4) is 0 Å². The Morgan fingerprint density at radius 1 is 1.40 bits per heavy atom. The molecule has 62 valence electrons. The molecule has 0 heterocycles. The zero-order valence-corrected chi connectivity index (χ0v) is 8.56. The van der Waals surface area contributed by atoms with Crippen molar-refractivity contribution in [1.82, 2.24) is 4.90 Å². The van der Waals surface area contributed by atoms with Gasteiger partial charge in [-0.3, -0.25) is 4.90 Å². The summed E-state index contributed by atoms with van der Waals surface area (Å²) in [5, 5.41) is -0.112. The molecule has 0 bridgehead atoms. The van der Waals surface area contributed by atoms with Crippen LogP contribution in [-0.2, 0) is 4.57 Å². The van der Waals surface area contributed by atoms with Gasteiger partial charge < -0.3 is 4.57 Å². The van der Waals surface area contributed by atoms with Gasteiger partial charge in [-0.15, -0.1) is 0 Å². The minimum absolute atomic E-state index is 0.112. The van der Waals surface area contributed by atoms with Crippen LogP contribution in [0.5, 0.6) is 0 Å². The molecule has 0 aromatic heterocycles. The van der Waals surface area contributed by atoms with Crippen LogP contribution in [0, 0.1) is 0 Å². The standard InChI is InChI=1S/C7H18NOP/c1-6-10(9)7(2,3)8(4)5/h10H,6H2,1-5H3. The summed E-state index contributed by atoms with van der Waals surface area (Å²) in [5.74, 6) is 0. The molecule has 3 heteroatoms. The van der Waals surface area contributed by atoms with Crippen LogP contribution < -0.4 is 0 Å². The van der Waals surface area contributed by atoms with Gasteiger partial charge in [0, 0.05) is 0 Å². The summed E-state index contributed by atoms with van der Waals surface area (Å²) in [6.45, 7) is 6.03. The van der Waals surface area contributed by atoms with E-state index in [1.807, 2.05) is 39.8 Å². The maximum Gasteiger partial charge on any atom is 0.0946 e. The summed E-state index contributed by atoms with van der Waals surface area (Å²) < 4.78 is 11.4. The first-order valence-corrected chi connectivity index (χ1v) is 5.25.